The SMILES string of the molecule is O=C1CNC(C(=O)NCC(F)F)CN1. The number of halogens is 2. The summed E-state index contributed by atoms with van der Waals surface area (Å²) in [5.74, 6) is -0.729. The molecular weight excluding hydrogens is 196 g/mol. The Morgan fingerprint density at radius 3 is 2.86 bits per heavy atom. The van der Waals surface area contributed by atoms with E-state index >= 15 is 0 Å². The summed E-state index contributed by atoms with van der Waals surface area (Å²) in [5.41, 5.74) is 0. The van der Waals surface area contributed by atoms with Crippen molar-refractivity contribution in [3.8, 4) is 0 Å². The minimum atomic E-state index is -2.56. The maximum absolute atomic E-state index is 11.7. The first-order valence-electron chi connectivity index (χ1n) is 4.15. The van der Waals surface area contributed by atoms with Crippen LogP contribution in [0, 0.1) is 0 Å². The Hall–Kier alpha value is -1.24. The van der Waals surface area contributed by atoms with Crippen LogP contribution in [0.3, 0.4) is 0 Å². The zero-order chi connectivity index (χ0) is 10.6. The van der Waals surface area contributed by atoms with Crippen molar-refractivity contribution < 1.29 is 18.4 Å². The summed E-state index contributed by atoms with van der Waals surface area (Å²) >= 11 is 0. The van der Waals surface area contributed by atoms with Crippen molar-refractivity contribution in [2.24, 2.45) is 0 Å². The lowest BCUT2D eigenvalue weighted by molar-refractivity contribution is -0.127. The monoisotopic (exact) mass is 207 g/mol. The molecule has 14 heavy (non-hydrogen) atoms. The van der Waals surface area contributed by atoms with Crippen LogP contribution in [0.5, 0.6) is 0 Å². The molecule has 1 aliphatic rings. The fraction of sp³-hybridized carbons (Fsp3) is 0.714. The van der Waals surface area contributed by atoms with Gasteiger partial charge in [0, 0.05) is 6.54 Å². The van der Waals surface area contributed by atoms with Crippen molar-refractivity contribution in [1.82, 2.24) is 16.0 Å². The highest BCUT2D eigenvalue weighted by Gasteiger charge is 2.23. The molecule has 1 fully saturated rings. The van der Waals surface area contributed by atoms with Crippen molar-refractivity contribution >= 4 is 11.8 Å². The molecular formula is C7H11F2N3O2. The largest absolute Gasteiger partial charge is 0.353 e. The molecule has 1 unspecified atom stereocenters. The Bertz CT molecular complexity index is 225. The number of carbonyl (C=O) groups excluding carboxylic acids is 2. The van der Waals surface area contributed by atoms with Gasteiger partial charge in [-0.1, -0.05) is 0 Å². The van der Waals surface area contributed by atoms with Crippen LogP contribution in [0.15, 0.2) is 0 Å². The van der Waals surface area contributed by atoms with E-state index in [1.807, 2.05) is 0 Å². The molecule has 3 N–H and O–H groups in total. The van der Waals surface area contributed by atoms with Gasteiger partial charge in [0.1, 0.15) is 6.04 Å². The van der Waals surface area contributed by atoms with Gasteiger partial charge in [-0.15, -0.1) is 0 Å². The topological polar surface area (TPSA) is 70.2 Å². The predicted octanol–water partition coefficient (Wildman–Crippen LogP) is -1.54. The van der Waals surface area contributed by atoms with Crippen molar-refractivity contribution in [3.05, 3.63) is 0 Å². The average Bonchev–Trinajstić information content (AvgIpc) is 2.15. The van der Waals surface area contributed by atoms with Crippen molar-refractivity contribution in [2.75, 3.05) is 19.6 Å². The third-order valence-corrected chi connectivity index (χ3v) is 1.76. The standard InChI is InChI=1S/C7H11F2N3O2/c8-5(9)2-12-7(14)4-1-11-6(13)3-10-4/h4-5,10H,1-3H2,(H,11,13)(H,12,14). The predicted molar refractivity (Wildman–Crippen MR) is 43.8 cm³/mol. The third kappa shape index (κ3) is 3.25. The Balaban J connectivity index is 2.27. The van der Waals surface area contributed by atoms with Crippen LogP contribution in [0.1, 0.15) is 0 Å². The molecule has 2 amide bonds. The van der Waals surface area contributed by atoms with Gasteiger partial charge in [0.05, 0.1) is 13.1 Å². The highest BCUT2D eigenvalue weighted by molar-refractivity contribution is 5.86. The van der Waals surface area contributed by atoms with E-state index in [-0.39, 0.29) is 19.0 Å². The minimum Gasteiger partial charge on any atom is -0.353 e. The third-order valence-electron chi connectivity index (χ3n) is 1.76. The van der Waals surface area contributed by atoms with Gasteiger partial charge in [0.2, 0.25) is 11.8 Å². The second-order valence-electron chi connectivity index (χ2n) is 2.87. The van der Waals surface area contributed by atoms with Gasteiger partial charge < -0.3 is 10.6 Å². The highest BCUT2D eigenvalue weighted by atomic mass is 19.3. The van der Waals surface area contributed by atoms with Gasteiger partial charge in [0.15, 0.2) is 0 Å². The van der Waals surface area contributed by atoms with E-state index < -0.39 is 24.9 Å². The summed E-state index contributed by atoms with van der Waals surface area (Å²) in [7, 11) is 0. The average molecular weight is 207 g/mol. The zero-order valence-corrected chi connectivity index (χ0v) is 7.35. The van der Waals surface area contributed by atoms with Crippen LogP contribution in [0.25, 0.3) is 0 Å². The van der Waals surface area contributed by atoms with E-state index in [0.29, 0.717) is 0 Å². The van der Waals surface area contributed by atoms with E-state index in [1.54, 1.807) is 0 Å². The molecule has 80 valence electrons. The molecule has 7 heteroatoms. The van der Waals surface area contributed by atoms with Gasteiger partial charge in [-0.25, -0.2) is 8.78 Å². The van der Waals surface area contributed by atoms with Crippen LogP contribution in [0.4, 0.5) is 8.78 Å². The normalized spacial score (nSPS) is 21.9. The molecule has 1 atom stereocenters. The number of carbonyl (C=O) groups is 2. The lowest BCUT2D eigenvalue weighted by Gasteiger charge is -2.22. The molecule has 0 saturated carbocycles. The quantitative estimate of drug-likeness (QED) is 0.525. The Morgan fingerprint density at radius 2 is 2.36 bits per heavy atom. The van der Waals surface area contributed by atoms with Crippen LogP contribution in [-0.2, 0) is 9.59 Å². The van der Waals surface area contributed by atoms with E-state index in [2.05, 4.69) is 16.0 Å². The molecule has 0 spiro atoms. The first kappa shape index (κ1) is 10.8. The maximum atomic E-state index is 11.7. The van der Waals surface area contributed by atoms with E-state index in [4.69, 9.17) is 0 Å². The Labute approximate surface area is 79.2 Å². The summed E-state index contributed by atoms with van der Waals surface area (Å²) in [6.07, 6.45) is -2.56. The first-order valence-corrected chi connectivity index (χ1v) is 4.15. The van der Waals surface area contributed by atoms with E-state index in [0.717, 1.165) is 0 Å². The number of hydrogen-bond donors (Lipinski definition) is 3. The Kier molecular flexibility index (Phi) is 3.75. The zero-order valence-electron chi connectivity index (χ0n) is 7.35. The molecule has 0 aliphatic carbocycles. The molecule has 0 aromatic carbocycles. The molecule has 1 aliphatic heterocycles. The summed E-state index contributed by atoms with van der Waals surface area (Å²) < 4.78 is 23.4. The number of nitrogens with one attached hydrogen (secondary N) is 3. The van der Waals surface area contributed by atoms with Crippen LogP contribution < -0.4 is 16.0 Å². The molecule has 0 bridgehead atoms. The smallest absolute Gasteiger partial charge is 0.255 e. The summed E-state index contributed by atoms with van der Waals surface area (Å²) in [6.45, 7) is -0.494. The second kappa shape index (κ2) is 4.85. The van der Waals surface area contributed by atoms with Crippen LogP contribution in [0.2, 0.25) is 0 Å². The lowest BCUT2D eigenvalue weighted by Crippen LogP contribution is -2.58. The van der Waals surface area contributed by atoms with Gasteiger partial charge in [-0.3, -0.25) is 14.9 Å². The van der Waals surface area contributed by atoms with Gasteiger partial charge in [0.25, 0.3) is 6.43 Å². The highest BCUT2D eigenvalue weighted by Crippen LogP contribution is 1.91. The van der Waals surface area contributed by atoms with Crippen molar-refractivity contribution in [1.29, 1.82) is 0 Å². The molecule has 0 aromatic heterocycles. The minimum absolute atomic E-state index is 0.0345. The number of hydrogen-bond acceptors (Lipinski definition) is 3. The molecule has 5 nitrogen and oxygen atoms in total. The van der Waals surface area contributed by atoms with Crippen LogP contribution in [-0.4, -0.2) is 43.9 Å². The molecule has 1 rings (SSSR count). The van der Waals surface area contributed by atoms with E-state index in [1.165, 1.54) is 0 Å². The number of amides is 2. The molecule has 0 aromatic rings. The van der Waals surface area contributed by atoms with Gasteiger partial charge >= 0.3 is 0 Å². The molecule has 0 radical (unpaired) electrons. The van der Waals surface area contributed by atoms with Crippen LogP contribution >= 0.6 is 0 Å². The number of rotatable bonds is 3. The van der Waals surface area contributed by atoms with Crippen molar-refractivity contribution in [3.63, 3.8) is 0 Å². The summed E-state index contributed by atoms with van der Waals surface area (Å²) in [4.78, 5) is 21.8. The lowest BCUT2D eigenvalue weighted by atomic mass is 10.2. The fourth-order valence-corrected chi connectivity index (χ4v) is 1.05. The van der Waals surface area contributed by atoms with Crippen molar-refractivity contribution in [2.45, 2.75) is 12.5 Å². The maximum Gasteiger partial charge on any atom is 0.255 e. The first-order chi connectivity index (χ1) is 6.59. The summed E-state index contributed by atoms with van der Waals surface area (Å²) in [5, 5.41) is 7.14. The summed E-state index contributed by atoms with van der Waals surface area (Å²) in [6, 6.07) is -0.619. The van der Waals surface area contributed by atoms with Gasteiger partial charge in [-0.2, -0.15) is 0 Å². The van der Waals surface area contributed by atoms with E-state index in [9.17, 15) is 18.4 Å². The molecule has 1 heterocycles. The fourth-order valence-electron chi connectivity index (χ4n) is 1.05. The molecule has 1 saturated heterocycles. The second-order valence-corrected chi connectivity index (χ2v) is 2.87. The Morgan fingerprint density at radius 1 is 1.64 bits per heavy atom. The van der Waals surface area contributed by atoms with Gasteiger partial charge in [-0.05, 0) is 0 Å². The number of alkyl halides is 2. The number of piperazine rings is 1.